The Bertz CT molecular complexity index is 1130. The first-order valence-electron chi connectivity index (χ1n) is 12.3. The molecule has 0 radical (unpaired) electrons. The Labute approximate surface area is 207 Å². The van der Waals surface area contributed by atoms with E-state index in [1.807, 2.05) is 59.0 Å². The molecule has 7 nitrogen and oxygen atoms in total. The largest absolute Gasteiger partial charge is 0.493 e. The van der Waals surface area contributed by atoms with Gasteiger partial charge in [0.05, 0.1) is 25.3 Å². The van der Waals surface area contributed by atoms with Crippen LogP contribution in [0.5, 0.6) is 5.75 Å². The number of carbonyl (C=O) groups excluding carboxylic acids is 2. The molecule has 0 saturated carbocycles. The topological polar surface area (TPSA) is 76.5 Å². The monoisotopic (exact) mass is 474 g/mol. The maximum Gasteiger partial charge on any atom is 0.225 e. The average molecular weight is 475 g/mol. The summed E-state index contributed by atoms with van der Waals surface area (Å²) in [5.74, 6) is 0.859. The van der Waals surface area contributed by atoms with Crippen molar-refractivity contribution in [3.05, 3.63) is 83.2 Å². The van der Waals surface area contributed by atoms with E-state index in [1.54, 1.807) is 0 Å². The van der Waals surface area contributed by atoms with Gasteiger partial charge in [-0.05, 0) is 56.0 Å². The minimum Gasteiger partial charge on any atom is -0.493 e. The molecule has 2 amide bonds. The predicted molar refractivity (Wildman–Crippen MR) is 135 cm³/mol. The van der Waals surface area contributed by atoms with Crippen LogP contribution in [0.2, 0.25) is 0 Å². The number of benzene rings is 2. The number of hydrogen-bond acceptors (Lipinski definition) is 4. The number of ether oxygens (including phenoxy) is 1. The normalized spacial score (nSPS) is 14.1. The van der Waals surface area contributed by atoms with Crippen LogP contribution in [0.25, 0.3) is 0 Å². The van der Waals surface area contributed by atoms with Gasteiger partial charge >= 0.3 is 0 Å². The lowest BCUT2D eigenvalue weighted by Crippen LogP contribution is -2.43. The van der Waals surface area contributed by atoms with Crippen molar-refractivity contribution in [2.75, 3.05) is 19.7 Å². The van der Waals surface area contributed by atoms with Gasteiger partial charge in [-0.2, -0.15) is 5.10 Å². The average Bonchev–Trinajstić information content (AvgIpc) is 3.19. The van der Waals surface area contributed by atoms with Crippen LogP contribution in [0.4, 0.5) is 0 Å². The fourth-order valence-corrected chi connectivity index (χ4v) is 4.50. The quantitative estimate of drug-likeness (QED) is 0.511. The van der Waals surface area contributed by atoms with E-state index in [0.29, 0.717) is 52.0 Å². The van der Waals surface area contributed by atoms with Crippen molar-refractivity contribution < 1.29 is 14.3 Å². The number of piperidine rings is 1. The van der Waals surface area contributed by atoms with Crippen LogP contribution < -0.4 is 10.1 Å². The molecule has 35 heavy (non-hydrogen) atoms. The van der Waals surface area contributed by atoms with Crippen LogP contribution in [0.3, 0.4) is 0 Å². The van der Waals surface area contributed by atoms with Crippen molar-refractivity contribution in [3.63, 3.8) is 0 Å². The molecule has 1 N–H and O–H groups in total. The van der Waals surface area contributed by atoms with Crippen molar-refractivity contribution in [2.24, 2.45) is 5.92 Å². The summed E-state index contributed by atoms with van der Waals surface area (Å²) in [5.41, 5.74) is 4.38. The zero-order valence-electron chi connectivity index (χ0n) is 20.6. The number of aromatic nitrogens is 2. The summed E-state index contributed by atoms with van der Waals surface area (Å²) in [7, 11) is 0. The van der Waals surface area contributed by atoms with Crippen LogP contribution in [0.1, 0.15) is 41.8 Å². The third-order valence-corrected chi connectivity index (χ3v) is 6.44. The maximum absolute atomic E-state index is 12.8. The summed E-state index contributed by atoms with van der Waals surface area (Å²) in [6.45, 7) is 6.85. The summed E-state index contributed by atoms with van der Waals surface area (Å²) in [4.78, 5) is 27.1. The zero-order valence-corrected chi connectivity index (χ0v) is 20.6. The van der Waals surface area contributed by atoms with E-state index < -0.39 is 0 Å². The number of nitrogens with one attached hydrogen (secondary N) is 1. The minimum atomic E-state index is -0.0579. The molecule has 2 aromatic carbocycles. The Hall–Kier alpha value is -3.61. The molecule has 0 aliphatic carbocycles. The van der Waals surface area contributed by atoms with E-state index in [1.165, 1.54) is 0 Å². The molecular weight excluding hydrogens is 440 g/mol. The minimum absolute atomic E-state index is 0.0579. The lowest BCUT2D eigenvalue weighted by Gasteiger charge is -2.31. The number of para-hydroxylation sites is 1. The number of nitrogens with zero attached hydrogens (tertiary/aromatic N) is 3. The van der Waals surface area contributed by atoms with Crippen molar-refractivity contribution in [3.8, 4) is 5.75 Å². The Balaban J connectivity index is 1.19. The van der Waals surface area contributed by atoms with Crippen LogP contribution >= 0.6 is 0 Å². The molecule has 1 aliphatic rings. The van der Waals surface area contributed by atoms with Gasteiger partial charge in [0.1, 0.15) is 5.75 Å². The van der Waals surface area contributed by atoms with E-state index in [-0.39, 0.29) is 17.7 Å². The van der Waals surface area contributed by atoms with Crippen molar-refractivity contribution in [1.29, 1.82) is 0 Å². The Morgan fingerprint density at radius 3 is 2.46 bits per heavy atom. The Morgan fingerprint density at radius 1 is 1.00 bits per heavy atom. The SMILES string of the molecule is Cc1cc(C)n(Cc2cccc(CNC(=O)C3CCN(C(=O)CCOc4ccccc4)CC3)c2)n1. The molecule has 1 aliphatic heterocycles. The number of amides is 2. The van der Waals surface area contributed by atoms with Gasteiger partial charge in [0.15, 0.2) is 0 Å². The standard InChI is InChI=1S/C28H34N4O3/c1-21-17-22(2)32(30-21)20-24-8-6-7-23(18-24)19-29-28(34)25-11-14-31(15-12-25)27(33)13-16-35-26-9-4-3-5-10-26/h3-10,17-18,25H,11-16,19-20H2,1-2H3,(H,29,34). The molecule has 0 spiro atoms. The molecule has 0 bridgehead atoms. The van der Waals surface area contributed by atoms with Gasteiger partial charge in [-0.25, -0.2) is 0 Å². The smallest absolute Gasteiger partial charge is 0.225 e. The van der Waals surface area contributed by atoms with Gasteiger partial charge in [-0.15, -0.1) is 0 Å². The molecule has 4 rings (SSSR count). The lowest BCUT2D eigenvalue weighted by molar-refractivity contribution is -0.136. The van der Waals surface area contributed by atoms with Crippen molar-refractivity contribution in [2.45, 2.75) is 46.2 Å². The lowest BCUT2D eigenvalue weighted by atomic mass is 9.95. The summed E-state index contributed by atoms with van der Waals surface area (Å²) in [6.07, 6.45) is 1.73. The van der Waals surface area contributed by atoms with E-state index in [0.717, 1.165) is 28.3 Å². The summed E-state index contributed by atoms with van der Waals surface area (Å²) < 4.78 is 7.63. The number of aryl methyl sites for hydroxylation is 2. The van der Waals surface area contributed by atoms with Crippen LogP contribution in [0, 0.1) is 19.8 Å². The van der Waals surface area contributed by atoms with Crippen molar-refractivity contribution in [1.82, 2.24) is 20.0 Å². The van der Waals surface area contributed by atoms with E-state index in [4.69, 9.17) is 4.74 Å². The van der Waals surface area contributed by atoms with E-state index >= 15 is 0 Å². The molecular formula is C28H34N4O3. The Morgan fingerprint density at radius 2 is 1.74 bits per heavy atom. The van der Waals surface area contributed by atoms with Gasteiger partial charge in [0.25, 0.3) is 0 Å². The zero-order chi connectivity index (χ0) is 24.6. The predicted octanol–water partition coefficient (Wildman–Crippen LogP) is 3.87. The van der Waals surface area contributed by atoms with Gasteiger partial charge < -0.3 is 15.0 Å². The first-order chi connectivity index (χ1) is 17.0. The highest BCUT2D eigenvalue weighted by Gasteiger charge is 2.27. The molecule has 1 saturated heterocycles. The first-order valence-corrected chi connectivity index (χ1v) is 12.3. The van der Waals surface area contributed by atoms with Crippen LogP contribution in [0.15, 0.2) is 60.7 Å². The van der Waals surface area contributed by atoms with Gasteiger partial charge in [-0.1, -0.05) is 42.5 Å². The van der Waals surface area contributed by atoms with E-state index in [2.05, 4.69) is 35.5 Å². The fraction of sp³-hybridized carbons (Fsp3) is 0.393. The second-order valence-electron chi connectivity index (χ2n) is 9.19. The second-order valence-corrected chi connectivity index (χ2v) is 9.19. The molecule has 184 valence electrons. The highest BCUT2D eigenvalue weighted by molar-refractivity contribution is 5.80. The molecule has 0 atom stereocenters. The first kappa shape index (κ1) is 24.5. The highest BCUT2D eigenvalue weighted by atomic mass is 16.5. The highest BCUT2D eigenvalue weighted by Crippen LogP contribution is 2.19. The third-order valence-electron chi connectivity index (χ3n) is 6.44. The third kappa shape index (κ3) is 6.94. The number of carbonyl (C=O) groups is 2. The van der Waals surface area contributed by atoms with Gasteiger partial charge in [0, 0.05) is 31.2 Å². The molecule has 0 unspecified atom stereocenters. The summed E-state index contributed by atoms with van der Waals surface area (Å²) in [6, 6.07) is 19.8. The number of hydrogen-bond donors (Lipinski definition) is 1. The summed E-state index contributed by atoms with van der Waals surface area (Å²) in [5, 5.41) is 7.62. The van der Waals surface area contributed by atoms with Crippen LogP contribution in [-0.2, 0) is 22.7 Å². The molecule has 7 heteroatoms. The second kappa shape index (κ2) is 11.7. The maximum atomic E-state index is 12.8. The number of rotatable bonds is 9. The molecule has 1 fully saturated rings. The van der Waals surface area contributed by atoms with Crippen molar-refractivity contribution >= 4 is 11.8 Å². The van der Waals surface area contributed by atoms with E-state index in [9.17, 15) is 9.59 Å². The Kier molecular flexibility index (Phi) is 8.19. The number of likely N-dealkylation sites (tertiary alicyclic amines) is 1. The summed E-state index contributed by atoms with van der Waals surface area (Å²) >= 11 is 0. The molecule has 1 aromatic heterocycles. The van der Waals surface area contributed by atoms with Gasteiger partial charge in [-0.3, -0.25) is 14.3 Å². The fourth-order valence-electron chi connectivity index (χ4n) is 4.50. The van der Waals surface area contributed by atoms with Gasteiger partial charge in [0.2, 0.25) is 11.8 Å². The molecule has 2 heterocycles. The van der Waals surface area contributed by atoms with Crippen LogP contribution in [-0.4, -0.2) is 46.2 Å². The molecule has 3 aromatic rings.